The normalized spacial score (nSPS) is 23.2. The molecule has 3 amide bonds. The third-order valence-corrected chi connectivity index (χ3v) is 5.57. The molecule has 0 bridgehead atoms. The third-order valence-electron chi connectivity index (χ3n) is 5.57. The van der Waals surface area contributed by atoms with Gasteiger partial charge in [-0.1, -0.05) is 0 Å². The minimum absolute atomic E-state index is 0.157. The molecule has 0 aromatic heterocycles. The van der Waals surface area contributed by atoms with Gasteiger partial charge in [-0.2, -0.15) is 0 Å². The second-order valence-corrected chi connectivity index (χ2v) is 7.26. The van der Waals surface area contributed by atoms with E-state index in [9.17, 15) is 18.8 Å². The molecule has 0 N–H and O–H groups in total. The first-order valence-electron chi connectivity index (χ1n) is 9.60. The minimum Gasteiger partial charge on any atom is -0.465 e. The number of amides is 3. The summed E-state index contributed by atoms with van der Waals surface area (Å²) < 4.78 is 18.3. The Kier molecular flexibility index (Phi) is 4.71. The Morgan fingerprint density at radius 3 is 2.47 bits per heavy atom. The fraction of sp³-hybridized carbons (Fsp3) is 0.400. The van der Waals surface area contributed by atoms with E-state index in [0.717, 1.165) is 16.3 Å². The van der Waals surface area contributed by atoms with Gasteiger partial charge in [0.15, 0.2) is 12.2 Å². The average molecular weight is 415 g/mol. The molecule has 2 unspecified atom stereocenters. The summed E-state index contributed by atoms with van der Waals surface area (Å²) in [5.41, 5.74) is 2.32. The Morgan fingerprint density at radius 2 is 1.83 bits per heavy atom. The van der Waals surface area contributed by atoms with Gasteiger partial charge in [0.25, 0.3) is 5.91 Å². The lowest BCUT2D eigenvalue weighted by molar-refractivity contribution is -0.150. The van der Waals surface area contributed by atoms with Crippen LogP contribution in [-0.2, 0) is 14.3 Å². The Bertz CT molecular complexity index is 989. The summed E-state index contributed by atoms with van der Waals surface area (Å²) in [6.45, 7) is 5.10. The molecule has 0 spiro atoms. The van der Waals surface area contributed by atoms with Crippen LogP contribution in [0.3, 0.4) is 0 Å². The SMILES string of the molecule is CCOC(=O)CN1C(=O)C2C(N=C3N(c4ccc(F)cc4)C(C)=C(C)N32)N(C)C1=O. The van der Waals surface area contributed by atoms with E-state index in [4.69, 9.17) is 4.74 Å². The van der Waals surface area contributed by atoms with Gasteiger partial charge in [-0.15, -0.1) is 0 Å². The number of allylic oxidation sites excluding steroid dienone is 2. The third kappa shape index (κ3) is 2.82. The first kappa shape index (κ1) is 19.9. The Morgan fingerprint density at radius 1 is 1.17 bits per heavy atom. The highest BCUT2D eigenvalue weighted by Gasteiger charge is 2.56. The van der Waals surface area contributed by atoms with E-state index in [0.29, 0.717) is 11.6 Å². The molecule has 0 radical (unpaired) electrons. The summed E-state index contributed by atoms with van der Waals surface area (Å²) in [5.74, 6) is -1.03. The molecule has 0 aliphatic carbocycles. The molecule has 0 saturated carbocycles. The number of hydrogen-bond donors (Lipinski definition) is 0. The predicted octanol–water partition coefficient (Wildman–Crippen LogP) is 1.72. The number of aliphatic imine (C=N–C) groups is 1. The Hall–Kier alpha value is -3.43. The average Bonchev–Trinajstić information content (AvgIpc) is 3.21. The maximum atomic E-state index is 13.4. The molecule has 10 heteroatoms. The number of halogens is 1. The van der Waals surface area contributed by atoms with Crippen LogP contribution >= 0.6 is 0 Å². The number of anilines is 1. The summed E-state index contributed by atoms with van der Waals surface area (Å²) in [5, 5.41) is 0. The molecule has 30 heavy (non-hydrogen) atoms. The van der Waals surface area contributed by atoms with Gasteiger partial charge in [0.05, 0.1) is 6.61 Å². The quantitative estimate of drug-likeness (QED) is 0.696. The molecule has 1 saturated heterocycles. The van der Waals surface area contributed by atoms with E-state index >= 15 is 0 Å². The first-order valence-corrected chi connectivity index (χ1v) is 9.60. The zero-order valence-corrected chi connectivity index (χ0v) is 17.1. The van der Waals surface area contributed by atoms with Crippen LogP contribution in [0.25, 0.3) is 0 Å². The van der Waals surface area contributed by atoms with Gasteiger partial charge in [0, 0.05) is 24.1 Å². The van der Waals surface area contributed by atoms with E-state index in [-0.39, 0.29) is 12.4 Å². The maximum absolute atomic E-state index is 13.4. The number of urea groups is 1. The van der Waals surface area contributed by atoms with Gasteiger partial charge >= 0.3 is 12.0 Å². The fourth-order valence-corrected chi connectivity index (χ4v) is 3.99. The number of fused-ring (bicyclic) bond motifs is 3. The second kappa shape index (κ2) is 7.12. The van der Waals surface area contributed by atoms with Gasteiger partial charge < -0.3 is 9.64 Å². The second-order valence-electron chi connectivity index (χ2n) is 7.26. The number of benzene rings is 1. The van der Waals surface area contributed by atoms with Crippen LogP contribution in [0.1, 0.15) is 20.8 Å². The smallest absolute Gasteiger partial charge is 0.328 e. The van der Waals surface area contributed by atoms with E-state index in [1.165, 1.54) is 17.0 Å². The molecule has 2 atom stereocenters. The number of carbonyl (C=O) groups excluding carboxylic acids is 3. The summed E-state index contributed by atoms with van der Waals surface area (Å²) in [6, 6.07) is 4.56. The van der Waals surface area contributed by atoms with E-state index in [2.05, 4.69) is 4.99 Å². The van der Waals surface area contributed by atoms with Crippen molar-refractivity contribution in [3.05, 3.63) is 41.5 Å². The molecule has 1 aromatic carbocycles. The molecule has 1 aromatic rings. The van der Waals surface area contributed by atoms with Crippen molar-refractivity contribution in [2.45, 2.75) is 33.0 Å². The number of likely N-dealkylation sites (N-methyl/N-ethyl adjacent to an activating group) is 1. The van der Waals surface area contributed by atoms with Crippen LogP contribution in [0.2, 0.25) is 0 Å². The van der Waals surface area contributed by atoms with Crippen LogP contribution in [0.5, 0.6) is 0 Å². The van der Waals surface area contributed by atoms with Crippen molar-refractivity contribution in [1.29, 1.82) is 0 Å². The summed E-state index contributed by atoms with van der Waals surface area (Å²) in [4.78, 5) is 48.4. The zero-order chi connectivity index (χ0) is 21.7. The van der Waals surface area contributed by atoms with E-state index in [1.54, 1.807) is 31.0 Å². The van der Waals surface area contributed by atoms with Gasteiger partial charge in [0.1, 0.15) is 12.4 Å². The monoisotopic (exact) mass is 415 g/mol. The molecule has 3 aliphatic heterocycles. The van der Waals surface area contributed by atoms with Crippen LogP contribution in [0.15, 0.2) is 40.7 Å². The fourth-order valence-electron chi connectivity index (χ4n) is 3.99. The van der Waals surface area contributed by atoms with Crippen molar-refractivity contribution < 1.29 is 23.5 Å². The van der Waals surface area contributed by atoms with Gasteiger partial charge in [0.2, 0.25) is 5.96 Å². The molecule has 158 valence electrons. The van der Waals surface area contributed by atoms with Gasteiger partial charge in [-0.25, -0.2) is 14.2 Å². The number of guanidine groups is 1. The zero-order valence-electron chi connectivity index (χ0n) is 17.1. The molecule has 9 nitrogen and oxygen atoms in total. The van der Waals surface area contributed by atoms with Crippen LogP contribution in [-0.4, -0.2) is 71.0 Å². The Labute approximate surface area is 173 Å². The molecular weight excluding hydrogens is 393 g/mol. The van der Waals surface area contributed by atoms with Gasteiger partial charge in [-0.3, -0.25) is 24.3 Å². The summed E-state index contributed by atoms with van der Waals surface area (Å²) in [6.07, 6.45) is -0.732. The van der Waals surface area contributed by atoms with Crippen molar-refractivity contribution in [1.82, 2.24) is 14.7 Å². The van der Waals surface area contributed by atoms with Gasteiger partial charge in [-0.05, 0) is 45.0 Å². The summed E-state index contributed by atoms with van der Waals surface area (Å²) in [7, 11) is 1.55. The van der Waals surface area contributed by atoms with Crippen molar-refractivity contribution in [3.8, 4) is 0 Å². The van der Waals surface area contributed by atoms with E-state index < -0.39 is 36.7 Å². The molecule has 3 heterocycles. The molecule has 4 rings (SSSR count). The molecule has 3 aliphatic rings. The standard InChI is InChI=1S/C20H22FN5O4/c1-5-30-15(27)10-24-18(28)16-17(23(4)20(24)29)22-19-25(11(2)12(3)26(16)19)14-8-6-13(21)7-9-14/h6-9,16-17H,5,10H2,1-4H3. The Balaban J connectivity index is 1.70. The number of nitrogens with zero attached hydrogens (tertiary/aromatic N) is 5. The van der Waals surface area contributed by atoms with Crippen molar-refractivity contribution in [2.75, 3.05) is 25.1 Å². The van der Waals surface area contributed by atoms with Crippen LogP contribution < -0.4 is 4.90 Å². The van der Waals surface area contributed by atoms with Crippen LogP contribution in [0.4, 0.5) is 14.9 Å². The lowest BCUT2D eigenvalue weighted by atomic mass is 10.1. The number of carbonyl (C=O) groups is 3. The first-order chi connectivity index (χ1) is 14.3. The van der Waals surface area contributed by atoms with E-state index in [1.807, 2.05) is 18.7 Å². The largest absolute Gasteiger partial charge is 0.465 e. The van der Waals surface area contributed by atoms with Crippen molar-refractivity contribution >= 4 is 29.6 Å². The van der Waals surface area contributed by atoms with Crippen LogP contribution in [0, 0.1) is 5.82 Å². The molecule has 1 fully saturated rings. The van der Waals surface area contributed by atoms with Crippen molar-refractivity contribution in [3.63, 3.8) is 0 Å². The number of rotatable bonds is 4. The number of hydrogen-bond acceptors (Lipinski definition) is 7. The lowest BCUT2D eigenvalue weighted by Crippen LogP contribution is -2.65. The number of ether oxygens (including phenoxy) is 1. The highest BCUT2D eigenvalue weighted by Crippen LogP contribution is 2.39. The highest BCUT2D eigenvalue weighted by molar-refractivity contribution is 6.11. The number of esters is 1. The predicted molar refractivity (Wildman–Crippen MR) is 106 cm³/mol. The minimum atomic E-state index is -0.794. The maximum Gasteiger partial charge on any atom is 0.328 e. The number of imide groups is 1. The topological polar surface area (TPSA) is 85.8 Å². The highest BCUT2D eigenvalue weighted by atomic mass is 19.1. The summed E-state index contributed by atoms with van der Waals surface area (Å²) >= 11 is 0. The van der Waals surface area contributed by atoms with Crippen molar-refractivity contribution in [2.24, 2.45) is 4.99 Å². The lowest BCUT2D eigenvalue weighted by Gasteiger charge is -2.40. The molecular formula is C20H22FN5O4.